The van der Waals surface area contributed by atoms with Gasteiger partial charge in [0.05, 0.1) is 5.69 Å². The molecule has 0 atom stereocenters. The van der Waals surface area contributed by atoms with Gasteiger partial charge in [0, 0.05) is 0 Å². The highest BCUT2D eigenvalue weighted by atomic mass is 32.2. The molecule has 0 aliphatic rings. The Balaban J connectivity index is 2.51. The lowest BCUT2D eigenvalue weighted by Crippen LogP contribution is -2.24. The minimum Gasteiger partial charge on any atom is -0.467 e. The van der Waals surface area contributed by atoms with Crippen molar-refractivity contribution in [3.63, 3.8) is 0 Å². The Morgan fingerprint density at radius 3 is 1.90 bits per heavy atom. The number of nitrogens with zero attached hydrogens (tertiary/aromatic N) is 2. The Morgan fingerprint density at radius 1 is 0.967 bits per heavy atom. The number of hydrogen-bond acceptors (Lipinski definition) is 6. The summed E-state index contributed by atoms with van der Waals surface area (Å²) in [5.74, 6) is -3.08. The van der Waals surface area contributed by atoms with Crippen LogP contribution in [0.15, 0.2) is 29.4 Å². The second-order valence-electron chi connectivity index (χ2n) is 5.69. The van der Waals surface area contributed by atoms with E-state index in [9.17, 15) is 39.2 Å². The van der Waals surface area contributed by atoms with Gasteiger partial charge in [-0.25, -0.2) is 22.8 Å². The van der Waals surface area contributed by atoms with Crippen LogP contribution >= 0.6 is 0 Å². The third-order valence-electron chi connectivity index (χ3n) is 3.19. The summed E-state index contributed by atoms with van der Waals surface area (Å²) in [7, 11) is -4.93. The van der Waals surface area contributed by atoms with E-state index in [1.54, 1.807) is 0 Å². The van der Waals surface area contributed by atoms with Crippen LogP contribution in [0.5, 0.6) is 11.8 Å². The summed E-state index contributed by atoms with van der Waals surface area (Å²) in [4.78, 5) is 5.23. The van der Waals surface area contributed by atoms with Gasteiger partial charge >= 0.3 is 12.4 Å². The number of ether oxygens (including phenoxy) is 2. The first kappa shape index (κ1) is 23.4. The number of aryl methyl sites for hydroxylation is 1. The molecule has 1 aromatic heterocycles. The van der Waals surface area contributed by atoms with E-state index in [0.29, 0.717) is 6.33 Å². The van der Waals surface area contributed by atoms with Crippen LogP contribution in [0.4, 0.5) is 36.4 Å². The molecule has 30 heavy (non-hydrogen) atoms. The van der Waals surface area contributed by atoms with Crippen molar-refractivity contribution in [2.75, 3.05) is 17.9 Å². The molecular formula is C15H12F7N3O4S. The van der Waals surface area contributed by atoms with Crippen LogP contribution in [-0.4, -0.2) is 44.0 Å². The zero-order valence-corrected chi connectivity index (χ0v) is 15.6. The molecule has 0 saturated carbocycles. The molecule has 0 bridgehead atoms. The summed E-state index contributed by atoms with van der Waals surface area (Å²) in [6, 6.07) is 2.83. The van der Waals surface area contributed by atoms with E-state index in [1.807, 2.05) is 4.72 Å². The van der Waals surface area contributed by atoms with Gasteiger partial charge in [-0.15, -0.1) is 0 Å². The number of aromatic nitrogens is 2. The van der Waals surface area contributed by atoms with Gasteiger partial charge < -0.3 is 9.47 Å². The van der Waals surface area contributed by atoms with Crippen LogP contribution in [-0.2, 0) is 10.0 Å². The fourth-order valence-corrected chi connectivity index (χ4v) is 3.32. The van der Waals surface area contributed by atoms with Gasteiger partial charge in [0.15, 0.2) is 13.2 Å². The van der Waals surface area contributed by atoms with E-state index in [2.05, 4.69) is 19.4 Å². The smallest absolute Gasteiger partial charge is 0.422 e. The van der Waals surface area contributed by atoms with Crippen LogP contribution in [0, 0.1) is 12.7 Å². The van der Waals surface area contributed by atoms with Crippen molar-refractivity contribution in [1.82, 2.24) is 9.97 Å². The van der Waals surface area contributed by atoms with E-state index in [0.717, 1.165) is 18.2 Å². The molecule has 0 saturated heterocycles. The van der Waals surface area contributed by atoms with Crippen LogP contribution < -0.4 is 14.2 Å². The van der Waals surface area contributed by atoms with E-state index in [4.69, 9.17) is 0 Å². The van der Waals surface area contributed by atoms with Gasteiger partial charge in [0.2, 0.25) is 16.7 Å². The Labute approximate surface area is 164 Å². The predicted octanol–water partition coefficient (Wildman–Crippen LogP) is 3.61. The molecule has 1 aromatic carbocycles. The molecular weight excluding hydrogens is 451 g/mol. The average molecular weight is 463 g/mol. The molecule has 0 fully saturated rings. The van der Waals surface area contributed by atoms with Gasteiger partial charge in [0.25, 0.3) is 10.0 Å². The fraction of sp³-hybridized carbons (Fsp3) is 0.333. The number of anilines is 1. The fourth-order valence-electron chi connectivity index (χ4n) is 2.02. The van der Waals surface area contributed by atoms with Crippen molar-refractivity contribution in [2.45, 2.75) is 24.2 Å². The second kappa shape index (κ2) is 8.49. The van der Waals surface area contributed by atoms with Gasteiger partial charge in [0.1, 0.15) is 12.1 Å². The minimum atomic E-state index is -4.93. The molecule has 2 aromatic rings. The number of sulfonamides is 1. The lowest BCUT2D eigenvalue weighted by atomic mass is 10.2. The minimum absolute atomic E-state index is 0.0749. The summed E-state index contributed by atoms with van der Waals surface area (Å²) in [5, 5.41) is 0. The molecule has 0 aliphatic carbocycles. The molecule has 1 N–H and O–H groups in total. The molecule has 0 aliphatic heterocycles. The molecule has 0 spiro atoms. The summed E-state index contributed by atoms with van der Waals surface area (Å²) >= 11 is 0. The normalized spacial score (nSPS) is 12.5. The molecule has 1 heterocycles. The monoisotopic (exact) mass is 463 g/mol. The van der Waals surface area contributed by atoms with Gasteiger partial charge in [-0.2, -0.15) is 26.3 Å². The SMILES string of the molecule is Cc1cc(F)ccc1NS(=O)(=O)c1c(OCC(F)(F)F)ncnc1OCC(F)(F)F. The van der Waals surface area contributed by atoms with Crippen LogP contribution in [0.2, 0.25) is 0 Å². The quantitative estimate of drug-likeness (QED) is 0.632. The Bertz CT molecular complexity index is 974. The first-order chi connectivity index (χ1) is 13.7. The van der Waals surface area contributed by atoms with Crippen LogP contribution in [0.3, 0.4) is 0 Å². The van der Waals surface area contributed by atoms with Gasteiger partial charge in [-0.3, -0.25) is 4.72 Å². The lowest BCUT2D eigenvalue weighted by molar-refractivity contribution is -0.155. The number of hydrogen-bond donors (Lipinski definition) is 1. The Hall–Kier alpha value is -2.84. The van der Waals surface area contributed by atoms with Crippen molar-refractivity contribution in [3.05, 3.63) is 35.9 Å². The van der Waals surface area contributed by atoms with Gasteiger partial charge in [-0.05, 0) is 30.7 Å². The molecule has 0 amide bonds. The van der Waals surface area contributed by atoms with Crippen LogP contribution in [0.1, 0.15) is 5.56 Å². The number of halogens is 7. The molecule has 0 radical (unpaired) electrons. The number of benzene rings is 1. The zero-order valence-electron chi connectivity index (χ0n) is 14.8. The predicted molar refractivity (Wildman–Crippen MR) is 87.1 cm³/mol. The molecule has 15 heteroatoms. The maximum atomic E-state index is 13.2. The van der Waals surface area contributed by atoms with E-state index in [1.165, 1.54) is 6.92 Å². The third kappa shape index (κ3) is 6.60. The molecule has 166 valence electrons. The lowest BCUT2D eigenvalue weighted by Gasteiger charge is -2.17. The van der Waals surface area contributed by atoms with Crippen molar-refractivity contribution in [3.8, 4) is 11.8 Å². The van der Waals surface area contributed by atoms with E-state index in [-0.39, 0.29) is 11.3 Å². The number of nitrogens with one attached hydrogen (secondary N) is 1. The second-order valence-corrected chi connectivity index (χ2v) is 7.30. The maximum Gasteiger partial charge on any atom is 0.422 e. The standard InChI is InChI=1S/C15H12F7N3O4S/c1-8-4-9(16)2-3-10(8)25-30(26,27)11-12(28-5-14(17,18)19)23-7-24-13(11)29-6-15(20,21)22/h2-4,7,25H,5-6H2,1H3. The number of alkyl halides is 6. The zero-order chi connectivity index (χ0) is 22.7. The highest BCUT2D eigenvalue weighted by molar-refractivity contribution is 7.93. The maximum absolute atomic E-state index is 13.2. The van der Waals surface area contributed by atoms with Crippen molar-refractivity contribution >= 4 is 15.7 Å². The summed E-state index contributed by atoms with van der Waals surface area (Å²) in [6.07, 6.45) is -9.33. The summed E-state index contributed by atoms with van der Waals surface area (Å²) < 4.78 is 124. The highest BCUT2D eigenvalue weighted by Gasteiger charge is 2.35. The Morgan fingerprint density at radius 2 is 1.47 bits per heavy atom. The topological polar surface area (TPSA) is 90.4 Å². The Kier molecular flexibility index (Phi) is 6.63. The van der Waals surface area contributed by atoms with Crippen molar-refractivity contribution in [1.29, 1.82) is 0 Å². The third-order valence-corrected chi connectivity index (χ3v) is 4.56. The molecule has 0 unspecified atom stereocenters. The largest absolute Gasteiger partial charge is 0.467 e. The average Bonchev–Trinajstić information content (AvgIpc) is 2.59. The van der Waals surface area contributed by atoms with Gasteiger partial charge in [-0.1, -0.05) is 0 Å². The van der Waals surface area contributed by atoms with Crippen LogP contribution in [0.25, 0.3) is 0 Å². The van der Waals surface area contributed by atoms with Crippen molar-refractivity contribution in [2.24, 2.45) is 0 Å². The molecule has 7 nitrogen and oxygen atoms in total. The van der Waals surface area contributed by atoms with Crippen molar-refractivity contribution < 1.29 is 48.6 Å². The first-order valence-electron chi connectivity index (χ1n) is 7.71. The summed E-state index contributed by atoms with van der Waals surface area (Å²) in [6.45, 7) is -2.66. The van der Waals surface area contributed by atoms with E-state index >= 15 is 0 Å². The highest BCUT2D eigenvalue weighted by Crippen LogP contribution is 2.33. The molecule has 2 rings (SSSR count). The first-order valence-corrected chi connectivity index (χ1v) is 9.19. The van der Waals surface area contributed by atoms with E-state index < -0.39 is 58.1 Å². The number of rotatable bonds is 7. The summed E-state index contributed by atoms with van der Waals surface area (Å²) in [5.41, 5.74) is -0.130.